The number of ketones is 1. The molecule has 0 aromatic carbocycles. The normalized spacial score (nSPS) is 13.0. The fourth-order valence-electron chi connectivity index (χ4n) is 1.70. The van der Waals surface area contributed by atoms with E-state index in [1.54, 1.807) is 26.3 Å². The van der Waals surface area contributed by atoms with Crippen LogP contribution in [-0.2, 0) is 11.2 Å². The van der Waals surface area contributed by atoms with Gasteiger partial charge in [-0.2, -0.15) is 0 Å². The van der Waals surface area contributed by atoms with Gasteiger partial charge in [0.05, 0.1) is 7.11 Å². The lowest BCUT2D eigenvalue weighted by Gasteiger charge is -2.23. The first-order valence-electron chi connectivity index (χ1n) is 7.81. The van der Waals surface area contributed by atoms with Gasteiger partial charge in [0.1, 0.15) is 5.78 Å². The van der Waals surface area contributed by atoms with E-state index in [-0.39, 0.29) is 5.78 Å². The number of carbonyl (C=O) groups excluding carboxylic acids is 1. The molecule has 4 heteroatoms. The standard InChI is InChI=1S/C10H13NO2.C5H11N.C2H6/c1-8(12)3-4-9-5-6-10(13-2)11-7-9;1-6-5-3-2-4-5;1-2/h5-7H,3-4H2,1-2H3;5-6H,2-4H2,1H3;1-2H3. The number of ether oxygens (including phenoxy) is 1. The first kappa shape index (κ1) is 19.6. The summed E-state index contributed by atoms with van der Waals surface area (Å²) < 4.78 is 4.92. The van der Waals surface area contributed by atoms with Crippen LogP contribution in [0.4, 0.5) is 0 Å². The average molecular weight is 294 g/mol. The van der Waals surface area contributed by atoms with E-state index in [2.05, 4.69) is 10.3 Å². The minimum Gasteiger partial charge on any atom is -0.481 e. The maximum atomic E-state index is 10.7. The van der Waals surface area contributed by atoms with Crippen LogP contribution in [0.2, 0.25) is 0 Å². The van der Waals surface area contributed by atoms with E-state index in [4.69, 9.17) is 4.74 Å². The van der Waals surface area contributed by atoms with Crippen LogP contribution in [0.15, 0.2) is 18.3 Å². The van der Waals surface area contributed by atoms with Gasteiger partial charge in [-0.3, -0.25) is 0 Å². The monoisotopic (exact) mass is 294 g/mol. The van der Waals surface area contributed by atoms with Crippen molar-refractivity contribution >= 4 is 5.78 Å². The predicted molar refractivity (Wildman–Crippen MR) is 87.8 cm³/mol. The van der Waals surface area contributed by atoms with Crippen molar-refractivity contribution < 1.29 is 9.53 Å². The van der Waals surface area contributed by atoms with Gasteiger partial charge in [0.2, 0.25) is 5.88 Å². The summed E-state index contributed by atoms with van der Waals surface area (Å²) >= 11 is 0. The molecular weight excluding hydrogens is 264 g/mol. The summed E-state index contributed by atoms with van der Waals surface area (Å²) in [4.78, 5) is 14.7. The van der Waals surface area contributed by atoms with Gasteiger partial charge >= 0.3 is 0 Å². The SMILES string of the molecule is CC.CNC1CCC1.COc1ccc(CCC(C)=O)cn1. The van der Waals surface area contributed by atoms with Crippen molar-refractivity contribution in [3.63, 3.8) is 0 Å². The average Bonchev–Trinajstić information content (AvgIpc) is 2.47. The van der Waals surface area contributed by atoms with Gasteiger partial charge in [-0.15, -0.1) is 0 Å². The number of aromatic nitrogens is 1. The van der Waals surface area contributed by atoms with E-state index in [0.717, 1.165) is 18.0 Å². The van der Waals surface area contributed by atoms with Crippen LogP contribution in [0, 0.1) is 0 Å². The minimum atomic E-state index is 0.204. The molecule has 1 aromatic heterocycles. The van der Waals surface area contributed by atoms with E-state index in [1.807, 2.05) is 27.0 Å². The van der Waals surface area contributed by atoms with Crippen LogP contribution in [0.25, 0.3) is 0 Å². The number of hydrogen-bond donors (Lipinski definition) is 1. The Morgan fingerprint density at radius 3 is 2.33 bits per heavy atom. The van der Waals surface area contributed by atoms with Crippen molar-refractivity contribution in [1.29, 1.82) is 0 Å². The van der Waals surface area contributed by atoms with E-state index in [9.17, 15) is 4.79 Å². The lowest BCUT2D eigenvalue weighted by Crippen LogP contribution is -2.31. The van der Waals surface area contributed by atoms with Gasteiger partial charge < -0.3 is 14.8 Å². The second-order valence-corrected chi connectivity index (χ2v) is 4.83. The summed E-state index contributed by atoms with van der Waals surface area (Å²) in [5.41, 5.74) is 1.07. The Labute approximate surface area is 129 Å². The molecule has 1 saturated carbocycles. The highest BCUT2D eigenvalue weighted by molar-refractivity contribution is 5.75. The molecular formula is C17H30N2O2. The van der Waals surface area contributed by atoms with Crippen molar-refractivity contribution in [3.05, 3.63) is 23.9 Å². The summed E-state index contributed by atoms with van der Waals surface area (Å²) in [5, 5.41) is 3.20. The molecule has 1 aliphatic rings. The maximum absolute atomic E-state index is 10.7. The molecule has 1 aromatic rings. The second-order valence-electron chi connectivity index (χ2n) is 4.83. The zero-order valence-corrected chi connectivity index (χ0v) is 14.1. The molecule has 1 heterocycles. The van der Waals surface area contributed by atoms with Crippen molar-refractivity contribution in [3.8, 4) is 5.88 Å². The van der Waals surface area contributed by atoms with Gasteiger partial charge in [0, 0.05) is 24.7 Å². The third-order valence-electron chi connectivity index (χ3n) is 3.29. The van der Waals surface area contributed by atoms with Crippen LogP contribution < -0.4 is 10.1 Å². The molecule has 0 spiro atoms. The fraction of sp³-hybridized carbons (Fsp3) is 0.647. The van der Waals surface area contributed by atoms with Crippen LogP contribution in [-0.4, -0.2) is 31.0 Å². The number of nitrogens with one attached hydrogen (secondary N) is 1. The quantitative estimate of drug-likeness (QED) is 0.904. The molecule has 0 unspecified atom stereocenters. The largest absolute Gasteiger partial charge is 0.481 e. The summed E-state index contributed by atoms with van der Waals surface area (Å²) in [7, 11) is 3.61. The minimum absolute atomic E-state index is 0.204. The van der Waals surface area contributed by atoms with Crippen molar-refractivity contribution in [1.82, 2.24) is 10.3 Å². The number of carbonyl (C=O) groups is 1. The molecule has 0 saturated heterocycles. The van der Waals surface area contributed by atoms with Gasteiger partial charge in [-0.25, -0.2) is 4.98 Å². The molecule has 4 nitrogen and oxygen atoms in total. The smallest absolute Gasteiger partial charge is 0.212 e. The Hall–Kier alpha value is -1.42. The Morgan fingerprint density at radius 2 is 2.05 bits per heavy atom. The zero-order chi connectivity index (χ0) is 16.1. The lowest BCUT2D eigenvalue weighted by molar-refractivity contribution is -0.116. The Morgan fingerprint density at radius 1 is 1.38 bits per heavy atom. The Kier molecular flexibility index (Phi) is 11.5. The number of aryl methyl sites for hydroxylation is 1. The van der Waals surface area contributed by atoms with E-state index < -0.39 is 0 Å². The maximum Gasteiger partial charge on any atom is 0.212 e. The number of pyridine rings is 1. The third kappa shape index (κ3) is 9.19. The Bertz CT molecular complexity index is 370. The van der Waals surface area contributed by atoms with Crippen molar-refractivity contribution in [2.24, 2.45) is 0 Å². The number of methoxy groups -OCH3 is 1. The third-order valence-corrected chi connectivity index (χ3v) is 3.29. The molecule has 21 heavy (non-hydrogen) atoms. The van der Waals surface area contributed by atoms with E-state index in [1.165, 1.54) is 19.3 Å². The van der Waals surface area contributed by atoms with Gasteiger partial charge in [-0.1, -0.05) is 26.3 Å². The molecule has 1 aliphatic carbocycles. The van der Waals surface area contributed by atoms with Crippen LogP contribution in [0.1, 0.15) is 52.0 Å². The highest BCUT2D eigenvalue weighted by atomic mass is 16.5. The van der Waals surface area contributed by atoms with Crippen LogP contribution in [0.3, 0.4) is 0 Å². The Balaban J connectivity index is 0.000000416. The van der Waals surface area contributed by atoms with Gasteiger partial charge in [0.15, 0.2) is 0 Å². The highest BCUT2D eigenvalue weighted by Crippen LogP contribution is 2.16. The summed E-state index contributed by atoms with van der Waals surface area (Å²) in [6.07, 6.45) is 7.31. The molecule has 2 rings (SSSR count). The summed E-state index contributed by atoms with van der Waals surface area (Å²) in [6.45, 7) is 5.59. The number of rotatable bonds is 5. The van der Waals surface area contributed by atoms with Gasteiger partial charge in [-0.05, 0) is 38.8 Å². The highest BCUT2D eigenvalue weighted by Gasteiger charge is 2.13. The molecule has 0 atom stereocenters. The zero-order valence-electron chi connectivity index (χ0n) is 14.1. The predicted octanol–water partition coefficient (Wildman–Crippen LogP) is 3.40. The molecule has 1 fully saturated rings. The van der Waals surface area contributed by atoms with E-state index >= 15 is 0 Å². The number of Topliss-reactive ketones (excluding diaryl/α,β-unsaturated/α-hetero) is 1. The molecule has 0 radical (unpaired) electrons. The van der Waals surface area contributed by atoms with E-state index in [0.29, 0.717) is 12.3 Å². The first-order chi connectivity index (χ1) is 10.2. The summed E-state index contributed by atoms with van der Waals surface area (Å²) in [5.74, 6) is 0.808. The molecule has 0 amide bonds. The summed E-state index contributed by atoms with van der Waals surface area (Å²) in [6, 6.07) is 4.59. The molecule has 0 aliphatic heterocycles. The lowest BCUT2D eigenvalue weighted by atomic mass is 9.94. The molecule has 1 N–H and O–H groups in total. The van der Waals surface area contributed by atoms with Crippen molar-refractivity contribution in [2.75, 3.05) is 14.2 Å². The molecule has 120 valence electrons. The second kappa shape index (κ2) is 12.3. The fourth-order valence-corrected chi connectivity index (χ4v) is 1.70. The number of hydrogen-bond acceptors (Lipinski definition) is 4. The topological polar surface area (TPSA) is 51.2 Å². The first-order valence-corrected chi connectivity index (χ1v) is 7.81. The van der Waals surface area contributed by atoms with Crippen LogP contribution in [0.5, 0.6) is 5.88 Å². The van der Waals surface area contributed by atoms with Gasteiger partial charge in [0.25, 0.3) is 0 Å². The number of nitrogens with zero attached hydrogens (tertiary/aromatic N) is 1. The van der Waals surface area contributed by atoms with Crippen molar-refractivity contribution in [2.45, 2.75) is 58.9 Å². The molecule has 0 bridgehead atoms. The van der Waals surface area contributed by atoms with Crippen LogP contribution >= 0.6 is 0 Å².